The molecule has 0 aliphatic carbocycles. The minimum Gasteiger partial charge on any atom is -0.406 e. The molecular weight excluding hydrogens is 286 g/mol. The zero-order chi connectivity index (χ0) is 15.0. The van der Waals surface area contributed by atoms with Gasteiger partial charge in [0.05, 0.1) is 0 Å². The molecule has 2 nitrogen and oxygen atoms in total. The lowest BCUT2D eigenvalue weighted by Crippen LogP contribution is -2.16. The maximum Gasteiger partial charge on any atom is 0.573 e. The lowest BCUT2D eigenvalue weighted by Gasteiger charge is -2.08. The number of hydrogen-bond donors (Lipinski definition) is 1. The molecule has 0 aliphatic rings. The van der Waals surface area contributed by atoms with Gasteiger partial charge in [-0.15, -0.1) is 13.2 Å². The number of alkyl halides is 3. The third-order valence-electron chi connectivity index (χ3n) is 2.98. The van der Waals surface area contributed by atoms with E-state index in [0.29, 0.717) is 16.6 Å². The van der Waals surface area contributed by atoms with Crippen LogP contribution in [0.1, 0.15) is 0 Å². The Hall–Kier alpha value is -2.50. The van der Waals surface area contributed by atoms with Gasteiger partial charge in [-0.2, -0.15) is 0 Å². The zero-order valence-electron chi connectivity index (χ0n) is 10.5. The van der Waals surface area contributed by atoms with Crippen LogP contribution in [0, 0.1) is 5.82 Å². The molecule has 0 radical (unpaired) electrons. The van der Waals surface area contributed by atoms with Crippen molar-refractivity contribution >= 4 is 10.9 Å². The summed E-state index contributed by atoms with van der Waals surface area (Å²) in [6.45, 7) is 0. The first kappa shape index (κ1) is 13.5. The number of hydrogen-bond acceptors (Lipinski definition) is 1. The average molecular weight is 295 g/mol. The van der Waals surface area contributed by atoms with E-state index in [1.807, 2.05) is 0 Å². The third kappa shape index (κ3) is 2.99. The lowest BCUT2D eigenvalue weighted by molar-refractivity contribution is -0.274. The monoisotopic (exact) mass is 295 g/mol. The summed E-state index contributed by atoms with van der Waals surface area (Å²) in [5, 5.41) is 0.695. The van der Waals surface area contributed by atoms with Gasteiger partial charge in [0.1, 0.15) is 11.6 Å². The highest BCUT2D eigenvalue weighted by atomic mass is 19.4. The quantitative estimate of drug-likeness (QED) is 0.670. The molecule has 0 bridgehead atoms. The molecule has 1 N–H and O–H groups in total. The highest BCUT2D eigenvalue weighted by Gasteiger charge is 2.30. The van der Waals surface area contributed by atoms with Gasteiger partial charge < -0.3 is 9.72 Å². The number of nitrogens with one attached hydrogen (secondary N) is 1. The predicted octanol–water partition coefficient (Wildman–Crippen LogP) is 4.87. The Kier molecular flexibility index (Phi) is 3.08. The lowest BCUT2D eigenvalue weighted by atomic mass is 10.1. The predicted molar refractivity (Wildman–Crippen MR) is 70.4 cm³/mol. The number of H-pyrrole nitrogens is 1. The molecule has 0 fully saturated rings. The molecule has 0 aliphatic heterocycles. The highest BCUT2D eigenvalue weighted by molar-refractivity contribution is 5.85. The number of benzene rings is 2. The number of rotatable bonds is 2. The third-order valence-corrected chi connectivity index (χ3v) is 2.98. The van der Waals surface area contributed by atoms with Crippen LogP contribution in [-0.4, -0.2) is 11.3 Å². The number of aromatic nitrogens is 1. The van der Waals surface area contributed by atoms with Gasteiger partial charge in [0, 0.05) is 16.6 Å². The summed E-state index contributed by atoms with van der Waals surface area (Å²) in [5.41, 5.74) is 2.12. The normalized spacial score (nSPS) is 11.8. The second-order valence-corrected chi connectivity index (χ2v) is 4.49. The van der Waals surface area contributed by atoms with Crippen LogP contribution >= 0.6 is 0 Å². The van der Waals surface area contributed by atoms with E-state index in [-0.39, 0.29) is 11.6 Å². The van der Waals surface area contributed by atoms with Crippen LogP contribution in [0.3, 0.4) is 0 Å². The number of halogens is 4. The first-order chi connectivity index (χ1) is 9.90. The summed E-state index contributed by atoms with van der Waals surface area (Å²) in [4.78, 5) is 3.08. The fourth-order valence-corrected chi connectivity index (χ4v) is 2.10. The van der Waals surface area contributed by atoms with E-state index in [1.165, 1.54) is 36.4 Å². The van der Waals surface area contributed by atoms with Crippen LogP contribution < -0.4 is 4.74 Å². The average Bonchev–Trinajstić information content (AvgIpc) is 2.80. The summed E-state index contributed by atoms with van der Waals surface area (Å²) >= 11 is 0. The van der Waals surface area contributed by atoms with Crippen molar-refractivity contribution in [1.82, 2.24) is 4.98 Å². The molecule has 0 saturated heterocycles. The molecular formula is C15H9F4NO. The molecule has 0 atom stereocenters. The van der Waals surface area contributed by atoms with Crippen LogP contribution in [0.5, 0.6) is 5.75 Å². The van der Waals surface area contributed by atoms with Crippen LogP contribution in [-0.2, 0) is 0 Å². The minimum absolute atomic E-state index is 0.284. The summed E-state index contributed by atoms with van der Waals surface area (Å²) in [6, 6.07) is 11.5. The molecule has 0 amide bonds. The Morgan fingerprint density at radius 3 is 2.29 bits per heavy atom. The summed E-state index contributed by atoms with van der Waals surface area (Å²) in [7, 11) is 0. The van der Waals surface area contributed by atoms with Gasteiger partial charge in [-0.1, -0.05) is 0 Å². The van der Waals surface area contributed by atoms with Crippen molar-refractivity contribution in [1.29, 1.82) is 0 Å². The Bertz CT molecular complexity index is 774. The standard InChI is InChI=1S/C15H9F4NO/c16-11-3-6-13-10(7-11)8-14(20-13)9-1-4-12(5-2-9)21-15(17,18)19/h1-8,20H. The molecule has 6 heteroatoms. The first-order valence-corrected chi connectivity index (χ1v) is 6.05. The molecule has 0 spiro atoms. The topological polar surface area (TPSA) is 25.0 Å². The van der Waals surface area contributed by atoms with E-state index >= 15 is 0 Å². The Balaban J connectivity index is 1.91. The van der Waals surface area contributed by atoms with Crippen molar-refractivity contribution < 1.29 is 22.3 Å². The summed E-state index contributed by atoms with van der Waals surface area (Å²) in [5.74, 6) is -0.629. The van der Waals surface area contributed by atoms with Gasteiger partial charge >= 0.3 is 6.36 Å². The van der Waals surface area contributed by atoms with Crippen molar-refractivity contribution in [2.75, 3.05) is 0 Å². The van der Waals surface area contributed by atoms with Crippen molar-refractivity contribution in [2.45, 2.75) is 6.36 Å². The maximum atomic E-state index is 13.1. The van der Waals surface area contributed by atoms with Crippen molar-refractivity contribution in [2.24, 2.45) is 0 Å². The second-order valence-electron chi connectivity index (χ2n) is 4.49. The van der Waals surface area contributed by atoms with Crippen molar-refractivity contribution in [3.05, 3.63) is 54.3 Å². The molecule has 2 aromatic carbocycles. The number of fused-ring (bicyclic) bond motifs is 1. The Morgan fingerprint density at radius 1 is 0.905 bits per heavy atom. The van der Waals surface area contributed by atoms with E-state index in [0.717, 1.165) is 5.52 Å². The molecule has 108 valence electrons. The second kappa shape index (κ2) is 4.80. The van der Waals surface area contributed by atoms with Gasteiger partial charge in [0.15, 0.2) is 0 Å². The number of aromatic amines is 1. The van der Waals surface area contributed by atoms with Crippen LogP contribution in [0.25, 0.3) is 22.2 Å². The molecule has 0 saturated carbocycles. The van der Waals surface area contributed by atoms with Crippen molar-refractivity contribution in [3.63, 3.8) is 0 Å². The van der Waals surface area contributed by atoms with E-state index in [9.17, 15) is 17.6 Å². The number of ether oxygens (including phenoxy) is 1. The van der Waals surface area contributed by atoms with E-state index in [4.69, 9.17) is 0 Å². The van der Waals surface area contributed by atoms with E-state index in [2.05, 4.69) is 9.72 Å². The molecule has 3 aromatic rings. The van der Waals surface area contributed by atoms with Gasteiger partial charge in [0.25, 0.3) is 0 Å². The van der Waals surface area contributed by atoms with Crippen LogP contribution in [0.2, 0.25) is 0 Å². The molecule has 1 heterocycles. The van der Waals surface area contributed by atoms with Gasteiger partial charge in [-0.25, -0.2) is 4.39 Å². The van der Waals surface area contributed by atoms with Gasteiger partial charge in [-0.3, -0.25) is 0 Å². The smallest absolute Gasteiger partial charge is 0.406 e. The maximum absolute atomic E-state index is 13.1. The molecule has 0 unspecified atom stereocenters. The highest BCUT2D eigenvalue weighted by Crippen LogP contribution is 2.28. The van der Waals surface area contributed by atoms with Crippen LogP contribution in [0.15, 0.2) is 48.5 Å². The fourth-order valence-electron chi connectivity index (χ4n) is 2.10. The molecule has 1 aromatic heterocycles. The van der Waals surface area contributed by atoms with Crippen molar-refractivity contribution in [3.8, 4) is 17.0 Å². The largest absolute Gasteiger partial charge is 0.573 e. The van der Waals surface area contributed by atoms with Gasteiger partial charge in [0.2, 0.25) is 0 Å². The van der Waals surface area contributed by atoms with Crippen LogP contribution in [0.4, 0.5) is 17.6 Å². The van der Waals surface area contributed by atoms with E-state index in [1.54, 1.807) is 12.1 Å². The zero-order valence-corrected chi connectivity index (χ0v) is 10.5. The fraction of sp³-hybridized carbons (Fsp3) is 0.0667. The Labute approximate surface area is 117 Å². The summed E-state index contributed by atoms with van der Waals surface area (Å²) in [6.07, 6.45) is -4.71. The Morgan fingerprint density at radius 2 is 1.62 bits per heavy atom. The first-order valence-electron chi connectivity index (χ1n) is 6.05. The molecule has 21 heavy (non-hydrogen) atoms. The SMILES string of the molecule is Fc1ccc2[nH]c(-c3ccc(OC(F)(F)F)cc3)cc2c1. The van der Waals surface area contributed by atoms with E-state index < -0.39 is 6.36 Å². The van der Waals surface area contributed by atoms with Gasteiger partial charge in [-0.05, 0) is 54.1 Å². The minimum atomic E-state index is -4.71. The summed E-state index contributed by atoms with van der Waals surface area (Å²) < 4.78 is 53.2. The molecule has 3 rings (SSSR count).